The normalized spacial score (nSPS) is 18.2. The van der Waals surface area contributed by atoms with Crippen LogP contribution < -0.4 is 5.32 Å². The first-order valence-corrected chi connectivity index (χ1v) is 8.84. The number of ether oxygens (including phenoxy) is 2. The van der Waals surface area contributed by atoms with E-state index in [1.807, 2.05) is 7.05 Å². The van der Waals surface area contributed by atoms with Crippen LogP contribution in [-0.4, -0.2) is 57.4 Å². The molecular weight excluding hydrogens is 358 g/mol. The van der Waals surface area contributed by atoms with E-state index < -0.39 is 0 Å². The molecule has 1 atom stereocenters. The molecule has 0 aromatic heterocycles. The lowest BCUT2D eigenvalue weighted by atomic mass is 10.2. The summed E-state index contributed by atoms with van der Waals surface area (Å²) in [6.07, 6.45) is 2.56. The molecule has 0 radical (unpaired) electrons. The lowest BCUT2D eigenvalue weighted by Gasteiger charge is -2.22. The molecule has 1 fully saturated rings. The fourth-order valence-electron chi connectivity index (χ4n) is 2.55. The molecule has 1 saturated heterocycles. The van der Waals surface area contributed by atoms with Gasteiger partial charge in [0.15, 0.2) is 5.96 Å². The molecule has 23 heavy (non-hydrogen) atoms. The maximum absolute atomic E-state index is 5.66. The van der Waals surface area contributed by atoms with Crippen molar-refractivity contribution in [3.05, 3.63) is 34.3 Å². The molecule has 1 aliphatic heterocycles. The number of benzene rings is 1. The maximum atomic E-state index is 5.66. The van der Waals surface area contributed by atoms with Crippen LogP contribution in [0.4, 0.5) is 0 Å². The average molecular weight is 384 g/mol. The predicted molar refractivity (Wildman–Crippen MR) is 96.8 cm³/mol. The Morgan fingerprint density at radius 2 is 2.22 bits per heavy atom. The van der Waals surface area contributed by atoms with Crippen LogP contribution in [0.5, 0.6) is 0 Å². The Balaban J connectivity index is 1.66. The molecule has 1 heterocycles. The molecule has 1 aliphatic rings. The summed E-state index contributed by atoms with van der Waals surface area (Å²) in [5.74, 6) is 0.869. The Morgan fingerprint density at radius 1 is 1.43 bits per heavy atom. The average Bonchev–Trinajstić information content (AvgIpc) is 3.06. The van der Waals surface area contributed by atoms with Gasteiger partial charge in [0.25, 0.3) is 0 Å². The number of hydrogen-bond donors (Lipinski definition) is 1. The van der Waals surface area contributed by atoms with Gasteiger partial charge in [-0.15, -0.1) is 0 Å². The van der Waals surface area contributed by atoms with Gasteiger partial charge >= 0.3 is 0 Å². The molecule has 0 amide bonds. The van der Waals surface area contributed by atoms with Crippen LogP contribution in [0.25, 0.3) is 0 Å². The lowest BCUT2D eigenvalue weighted by Crippen LogP contribution is -2.40. The van der Waals surface area contributed by atoms with Crippen molar-refractivity contribution in [1.29, 1.82) is 0 Å². The highest BCUT2D eigenvalue weighted by molar-refractivity contribution is 9.10. The van der Waals surface area contributed by atoms with E-state index >= 15 is 0 Å². The van der Waals surface area contributed by atoms with Crippen LogP contribution >= 0.6 is 15.9 Å². The Kier molecular flexibility index (Phi) is 7.85. The van der Waals surface area contributed by atoms with Gasteiger partial charge in [-0.25, -0.2) is 0 Å². The van der Waals surface area contributed by atoms with Crippen LogP contribution in [0.2, 0.25) is 0 Å². The summed E-state index contributed by atoms with van der Waals surface area (Å²) in [4.78, 5) is 6.42. The number of nitrogens with zero attached hydrogens (tertiary/aromatic N) is 2. The summed E-state index contributed by atoms with van der Waals surface area (Å²) in [7, 11) is 3.83. The van der Waals surface area contributed by atoms with Crippen molar-refractivity contribution in [2.75, 3.05) is 40.5 Å². The van der Waals surface area contributed by atoms with Crippen molar-refractivity contribution in [3.63, 3.8) is 0 Å². The van der Waals surface area contributed by atoms with Gasteiger partial charge in [-0.1, -0.05) is 28.1 Å². The smallest absolute Gasteiger partial charge is 0.193 e. The topological polar surface area (TPSA) is 46.1 Å². The van der Waals surface area contributed by atoms with Gasteiger partial charge in [0.1, 0.15) is 0 Å². The molecule has 1 unspecified atom stereocenters. The zero-order valence-electron chi connectivity index (χ0n) is 13.9. The molecule has 0 aliphatic carbocycles. The summed E-state index contributed by atoms with van der Waals surface area (Å²) in [5, 5.41) is 3.33. The van der Waals surface area contributed by atoms with E-state index in [1.54, 1.807) is 7.05 Å². The van der Waals surface area contributed by atoms with Crippen LogP contribution in [0.15, 0.2) is 33.7 Å². The predicted octanol–water partition coefficient (Wildman–Crippen LogP) is 2.65. The van der Waals surface area contributed by atoms with Gasteiger partial charge in [-0.2, -0.15) is 0 Å². The number of nitrogens with one attached hydrogen (secondary N) is 1. The molecule has 1 aromatic carbocycles. The van der Waals surface area contributed by atoms with E-state index in [2.05, 4.69) is 55.4 Å². The van der Waals surface area contributed by atoms with Crippen LogP contribution in [0.3, 0.4) is 0 Å². The molecule has 128 valence electrons. The van der Waals surface area contributed by atoms with E-state index in [4.69, 9.17) is 9.47 Å². The van der Waals surface area contributed by atoms with Crippen molar-refractivity contribution in [3.8, 4) is 0 Å². The minimum atomic E-state index is 0.286. The molecule has 6 heteroatoms. The molecular formula is C17H26BrN3O2. The van der Waals surface area contributed by atoms with Gasteiger partial charge in [0, 0.05) is 38.3 Å². The Morgan fingerprint density at radius 3 is 2.87 bits per heavy atom. The fraction of sp³-hybridized carbons (Fsp3) is 0.588. The molecule has 0 bridgehead atoms. The van der Waals surface area contributed by atoms with Crippen LogP contribution in [-0.2, 0) is 16.0 Å². The number of guanidine groups is 1. The van der Waals surface area contributed by atoms with Gasteiger partial charge in [-0.3, -0.25) is 4.99 Å². The number of halogens is 1. The van der Waals surface area contributed by atoms with E-state index in [1.165, 1.54) is 5.56 Å². The number of hydrogen-bond acceptors (Lipinski definition) is 3. The Hall–Kier alpha value is -1.11. The summed E-state index contributed by atoms with van der Waals surface area (Å²) in [6.45, 7) is 3.77. The Bertz CT molecular complexity index is 487. The molecule has 0 saturated carbocycles. The van der Waals surface area contributed by atoms with Gasteiger partial charge in [0.05, 0.1) is 19.3 Å². The van der Waals surface area contributed by atoms with Crippen molar-refractivity contribution in [1.82, 2.24) is 10.2 Å². The van der Waals surface area contributed by atoms with Crippen molar-refractivity contribution >= 4 is 21.9 Å². The third kappa shape index (κ3) is 6.49. The zero-order chi connectivity index (χ0) is 16.5. The summed E-state index contributed by atoms with van der Waals surface area (Å²) in [5.41, 5.74) is 1.24. The lowest BCUT2D eigenvalue weighted by molar-refractivity contribution is 0.0190. The molecule has 1 aromatic rings. The second-order valence-corrected chi connectivity index (χ2v) is 6.58. The summed E-state index contributed by atoms with van der Waals surface area (Å²) < 4.78 is 12.3. The molecule has 1 N–H and O–H groups in total. The highest BCUT2D eigenvalue weighted by atomic mass is 79.9. The molecule has 2 rings (SSSR count). The number of rotatable bonds is 7. The van der Waals surface area contributed by atoms with Gasteiger partial charge in [-0.05, 0) is 30.5 Å². The van der Waals surface area contributed by atoms with Crippen molar-refractivity contribution in [2.45, 2.75) is 25.5 Å². The van der Waals surface area contributed by atoms with E-state index in [0.29, 0.717) is 13.2 Å². The summed E-state index contributed by atoms with van der Waals surface area (Å²) >= 11 is 3.45. The molecule has 0 spiro atoms. The third-order valence-electron chi connectivity index (χ3n) is 3.76. The van der Waals surface area contributed by atoms with Crippen LogP contribution in [0.1, 0.15) is 18.4 Å². The van der Waals surface area contributed by atoms with E-state index in [-0.39, 0.29) is 6.10 Å². The minimum absolute atomic E-state index is 0.286. The Labute approximate surface area is 147 Å². The first-order chi connectivity index (χ1) is 11.2. The zero-order valence-corrected chi connectivity index (χ0v) is 15.5. The van der Waals surface area contributed by atoms with E-state index in [0.717, 1.165) is 43.0 Å². The van der Waals surface area contributed by atoms with Crippen molar-refractivity contribution in [2.24, 2.45) is 4.99 Å². The second kappa shape index (κ2) is 9.90. The number of aliphatic imine (C=N–C) groups is 1. The highest BCUT2D eigenvalue weighted by Crippen LogP contribution is 2.12. The summed E-state index contributed by atoms with van der Waals surface area (Å²) in [6, 6.07) is 8.33. The van der Waals surface area contributed by atoms with Crippen molar-refractivity contribution < 1.29 is 9.47 Å². The second-order valence-electron chi connectivity index (χ2n) is 5.67. The van der Waals surface area contributed by atoms with E-state index in [9.17, 15) is 0 Å². The van der Waals surface area contributed by atoms with Gasteiger partial charge < -0.3 is 19.7 Å². The highest BCUT2D eigenvalue weighted by Gasteiger charge is 2.15. The van der Waals surface area contributed by atoms with Gasteiger partial charge in [0.2, 0.25) is 0 Å². The third-order valence-corrected chi connectivity index (χ3v) is 4.29. The fourth-order valence-corrected chi connectivity index (χ4v) is 2.81. The standard InChI is InChI=1S/C17H26BrN3O2/c1-19-17(20-9-11-22-13-16-4-3-10-23-16)21(2)12-14-5-7-15(18)8-6-14/h5-8,16H,3-4,9-13H2,1-2H3,(H,19,20). The quantitative estimate of drug-likeness (QED) is 0.446. The minimum Gasteiger partial charge on any atom is -0.377 e. The monoisotopic (exact) mass is 383 g/mol. The largest absolute Gasteiger partial charge is 0.377 e. The first kappa shape index (κ1) is 18.2. The van der Waals surface area contributed by atoms with Crippen LogP contribution in [0, 0.1) is 0 Å². The molecule has 5 nitrogen and oxygen atoms in total. The maximum Gasteiger partial charge on any atom is 0.193 e. The SMILES string of the molecule is CN=C(NCCOCC1CCCO1)N(C)Cc1ccc(Br)cc1. The first-order valence-electron chi connectivity index (χ1n) is 8.04.